The molecule has 0 aromatic heterocycles. The van der Waals surface area contributed by atoms with Crippen molar-refractivity contribution in [2.24, 2.45) is 0 Å². The molecule has 1 fully saturated rings. The van der Waals surface area contributed by atoms with Gasteiger partial charge in [-0.25, -0.2) is 4.39 Å². The summed E-state index contributed by atoms with van der Waals surface area (Å²) in [4.78, 5) is 1.76. The van der Waals surface area contributed by atoms with Gasteiger partial charge in [0.25, 0.3) is 0 Å². The minimum Gasteiger partial charge on any atom is -0.276 e. The second-order valence-electron chi connectivity index (χ2n) is 1.59. The first kappa shape index (κ1) is 7.18. The van der Waals surface area contributed by atoms with Crippen molar-refractivity contribution in [2.45, 2.75) is 6.42 Å². The Morgan fingerprint density at radius 2 is 2.00 bits per heavy atom. The molecule has 0 unspecified atom stereocenters. The van der Waals surface area contributed by atoms with Crippen molar-refractivity contribution < 1.29 is 4.39 Å². The molecule has 0 aromatic rings. The van der Waals surface area contributed by atoms with E-state index in [9.17, 15) is 4.39 Å². The second-order valence-corrected chi connectivity index (χ2v) is 1.59. The van der Waals surface area contributed by atoms with Gasteiger partial charge in [-0.05, 0) is 6.42 Å². The van der Waals surface area contributed by atoms with E-state index in [1.54, 1.807) is 4.90 Å². The van der Waals surface area contributed by atoms with Crippen LogP contribution >= 0.6 is 12.4 Å². The monoisotopic (exact) mass is 125 g/mol. The first-order chi connectivity index (χ1) is 2.93. The molecule has 3 heteroatoms. The van der Waals surface area contributed by atoms with Crippen LogP contribution in [0.25, 0.3) is 0 Å². The molecule has 0 aliphatic carbocycles. The third kappa shape index (κ3) is 1.61. The molecule has 0 amide bonds. The molecule has 0 bridgehead atoms. The number of hydrogen-bond donors (Lipinski definition) is 0. The summed E-state index contributed by atoms with van der Waals surface area (Å²) in [5.41, 5.74) is 0. The van der Waals surface area contributed by atoms with Gasteiger partial charge in [0, 0.05) is 13.1 Å². The van der Waals surface area contributed by atoms with Crippen LogP contribution in [0.5, 0.6) is 0 Å². The number of halogens is 2. The van der Waals surface area contributed by atoms with E-state index in [1.807, 2.05) is 0 Å². The standard InChI is InChI=1S/C4H8FN.ClH/c5-4-6-2-1-3-6;/h1-4H2;1H. The highest BCUT2D eigenvalue weighted by atomic mass is 35.5. The average molecular weight is 126 g/mol. The predicted molar refractivity (Wildman–Crippen MR) is 29.4 cm³/mol. The van der Waals surface area contributed by atoms with Crippen LogP contribution < -0.4 is 0 Å². The molecule has 0 aromatic carbocycles. The Morgan fingerprint density at radius 3 is 2.00 bits per heavy atom. The van der Waals surface area contributed by atoms with Gasteiger partial charge in [-0.2, -0.15) is 0 Å². The van der Waals surface area contributed by atoms with E-state index >= 15 is 0 Å². The molecule has 1 nitrogen and oxygen atoms in total. The average Bonchev–Trinajstić information content (AvgIpc) is 1.31. The molecular weight excluding hydrogens is 117 g/mol. The van der Waals surface area contributed by atoms with E-state index in [0.29, 0.717) is 0 Å². The largest absolute Gasteiger partial charge is 0.276 e. The fourth-order valence-corrected chi connectivity index (χ4v) is 0.501. The highest BCUT2D eigenvalue weighted by Gasteiger charge is 2.10. The Hall–Kier alpha value is 0.180. The first-order valence-electron chi connectivity index (χ1n) is 2.22. The summed E-state index contributed by atoms with van der Waals surface area (Å²) in [5, 5.41) is 0. The van der Waals surface area contributed by atoms with E-state index in [4.69, 9.17) is 0 Å². The summed E-state index contributed by atoms with van der Waals surface area (Å²) in [5.74, 6) is 0. The number of likely N-dealkylation sites (tertiary alicyclic amines) is 1. The minimum absolute atomic E-state index is 0. The Balaban J connectivity index is 0.000000360. The van der Waals surface area contributed by atoms with Gasteiger partial charge >= 0.3 is 0 Å². The van der Waals surface area contributed by atoms with Gasteiger partial charge in [-0.15, -0.1) is 12.4 Å². The van der Waals surface area contributed by atoms with Crippen LogP contribution in [-0.4, -0.2) is 24.8 Å². The molecule has 0 radical (unpaired) electrons. The highest BCUT2D eigenvalue weighted by Crippen LogP contribution is 2.03. The van der Waals surface area contributed by atoms with E-state index in [-0.39, 0.29) is 19.2 Å². The predicted octanol–water partition coefficient (Wildman–Crippen LogP) is 1.04. The van der Waals surface area contributed by atoms with Crippen LogP contribution in [-0.2, 0) is 0 Å². The van der Waals surface area contributed by atoms with Crippen LogP contribution in [0.1, 0.15) is 6.42 Å². The smallest absolute Gasteiger partial charge is 0.143 e. The van der Waals surface area contributed by atoms with Crippen molar-refractivity contribution >= 4 is 12.4 Å². The van der Waals surface area contributed by atoms with E-state index in [1.165, 1.54) is 6.42 Å². The van der Waals surface area contributed by atoms with Gasteiger partial charge in [0.1, 0.15) is 6.80 Å². The van der Waals surface area contributed by atoms with Gasteiger partial charge in [-0.3, -0.25) is 4.90 Å². The minimum atomic E-state index is -0.250. The molecule has 0 spiro atoms. The molecule has 1 rings (SSSR count). The van der Waals surface area contributed by atoms with Gasteiger partial charge < -0.3 is 0 Å². The summed E-state index contributed by atoms with van der Waals surface area (Å²) in [6.45, 7) is 1.69. The van der Waals surface area contributed by atoms with E-state index in [2.05, 4.69) is 0 Å². The maximum Gasteiger partial charge on any atom is 0.143 e. The van der Waals surface area contributed by atoms with E-state index < -0.39 is 0 Å². The van der Waals surface area contributed by atoms with Crippen molar-refractivity contribution in [3.63, 3.8) is 0 Å². The summed E-state index contributed by atoms with van der Waals surface area (Å²) < 4.78 is 11.4. The Bertz CT molecular complexity index is 44.2. The van der Waals surface area contributed by atoms with Crippen molar-refractivity contribution in [1.82, 2.24) is 4.90 Å². The molecule has 7 heavy (non-hydrogen) atoms. The van der Waals surface area contributed by atoms with Gasteiger partial charge in [0.05, 0.1) is 0 Å². The highest BCUT2D eigenvalue weighted by molar-refractivity contribution is 5.85. The Morgan fingerprint density at radius 1 is 1.43 bits per heavy atom. The summed E-state index contributed by atoms with van der Waals surface area (Å²) in [6, 6.07) is 0. The van der Waals surface area contributed by atoms with Crippen LogP contribution in [0.2, 0.25) is 0 Å². The number of hydrogen-bond acceptors (Lipinski definition) is 1. The van der Waals surface area contributed by atoms with Crippen LogP contribution in [0.4, 0.5) is 4.39 Å². The summed E-state index contributed by atoms with van der Waals surface area (Å²) in [6.07, 6.45) is 1.18. The first-order valence-corrected chi connectivity index (χ1v) is 2.22. The topological polar surface area (TPSA) is 3.24 Å². The fourth-order valence-electron chi connectivity index (χ4n) is 0.501. The second kappa shape index (κ2) is 3.22. The maximum absolute atomic E-state index is 11.4. The van der Waals surface area contributed by atoms with Crippen molar-refractivity contribution in [3.05, 3.63) is 0 Å². The van der Waals surface area contributed by atoms with Crippen molar-refractivity contribution in [2.75, 3.05) is 19.9 Å². The number of rotatable bonds is 1. The lowest BCUT2D eigenvalue weighted by atomic mass is 10.2. The molecule has 1 aliphatic heterocycles. The lowest BCUT2D eigenvalue weighted by Crippen LogP contribution is -2.35. The maximum atomic E-state index is 11.4. The summed E-state index contributed by atoms with van der Waals surface area (Å²) in [7, 11) is 0. The Labute approximate surface area is 48.9 Å². The van der Waals surface area contributed by atoms with E-state index in [0.717, 1.165) is 13.1 Å². The van der Waals surface area contributed by atoms with Gasteiger partial charge in [0.2, 0.25) is 0 Å². The third-order valence-corrected chi connectivity index (χ3v) is 1.12. The molecule has 0 saturated carbocycles. The zero-order chi connectivity index (χ0) is 4.41. The quantitative estimate of drug-likeness (QED) is 0.474. The lowest BCUT2D eigenvalue weighted by Gasteiger charge is -2.26. The molecular formula is C4H9ClFN. The third-order valence-electron chi connectivity index (χ3n) is 1.12. The van der Waals surface area contributed by atoms with Crippen LogP contribution in [0.15, 0.2) is 0 Å². The van der Waals surface area contributed by atoms with Gasteiger partial charge in [0.15, 0.2) is 0 Å². The summed E-state index contributed by atoms with van der Waals surface area (Å²) >= 11 is 0. The zero-order valence-electron chi connectivity index (χ0n) is 4.06. The molecule has 0 atom stereocenters. The van der Waals surface area contributed by atoms with Crippen LogP contribution in [0, 0.1) is 0 Å². The zero-order valence-corrected chi connectivity index (χ0v) is 4.88. The molecule has 1 saturated heterocycles. The molecule has 0 N–H and O–H groups in total. The fraction of sp³-hybridized carbons (Fsp3) is 1.00. The normalized spacial score (nSPS) is 20.1. The molecule has 44 valence electrons. The number of alkyl halides is 1. The molecule has 1 heterocycles. The van der Waals surface area contributed by atoms with Crippen LogP contribution in [0.3, 0.4) is 0 Å². The van der Waals surface area contributed by atoms with Crippen molar-refractivity contribution in [3.8, 4) is 0 Å². The Kier molecular flexibility index (Phi) is 3.30. The van der Waals surface area contributed by atoms with Gasteiger partial charge in [-0.1, -0.05) is 0 Å². The van der Waals surface area contributed by atoms with Crippen molar-refractivity contribution in [1.29, 1.82) is 0 Å². The molecule has 1 aliphatic rings. The number of nitrogens with zero attached hydrogens (tertiary/aromatic N) is 1. The lowest BCUT2D eigenvalue weighted by molar-refractivity contribution is 0.116. The SMILES string of the molecule is Cl.FCN1CCC1.